The summed E-state index contributed by atoms with van der Waals surface area (Å²) in [6, 6.07) is 6.27. The SMILES string of the molecule is COc1cc(N)cc(Cl)c1NC(=O)c1ccco1. The third kappa shape index (κ3) is 2.41. The van der Waals surface area contributed by atoms with Crippen molar-refractivity contribution in [2.75, 3.05) is 18.2 Å². The van der Waals surface area contributed by atoms with Crippen LogP contribution < -0.4 is 15.8 Å². The number of halogens is 1. The fraction of sp³-hybridized carbons (Fsp3) is 0.0833. The number of ether oxygens (including phenoxy) is 1. The molecule has 0 fully saturated rings. The van der Waals surface area contributed by atoms with Crippen molar-refractivity contribution in [1.29, 1.82) is 0 Å². The van der Waals surface area contributed by atoms with Crippen molar-refractivity contribution in [2.24, 2.45) is 0 Å². The van der Waals surface area contributed by atoms with Gasteiger partial charge in [0.2, 0.25) is 0 Å². The van der Waals surface area contributed by atoms with Crippen molar-refractivity contribution in [1.82, 2.24) is 0 Å². The van der Waals surface area contributed by atoms with Gasteiger partial charge in [0.05, 0.1) is 18.4 Å². The molecule has 2 aromatic rings. The summed E-state index contributed by atoms with van der Waals surface area (Å²) in [7, 11) is 1.47. The molecule has 0 saturated carbocycles. The Kier molecular flexibility index (Phi) is 3.43. The molecule has 1 aromatic heterocycles. The summed E-state index contributed by atoms with van der Waals surface area (Å²) in [4.78, 5) is 11.8. The van der Waals surface area contributed by atoms with Crippen LogP contribution in [0.1, 0.15) is 10.6 Å². The number of hydrogen-bond donors (Lipinski definition) is 2. The minimum absolute atomic E-state index is 0.185. The first-order valence-electron chi connectivity index (χ1n) is 5.09. The molecule has 0 saturated heterocycles. The van der Waals surface area contributed by atoms with E-state index < -0.39 is 5.91 Å². The molecule has 0 aliphatic carbocycles. The van der Waals surface area contributed by atoms with Crippen molar-refractivity contribution < 1.29 is 13.9 Å². The van der Waals surface area contributed by atoms with Crippen LogP contribution in [0.2, 0.25) is 5.02 Å². The second-order valence-electron chi connectivity index (χ2n) is 3.51. The van der Waals surface area contributed by atoms with Crippen LogP contribution in [0.15, 0.2) is 34.9 Å². The Morgan fingerprint density at radius 3 is 2.89 bits per heavy atom. The van der Waals surface area contributed by atoms with Crippen LogP contribution in [0.3, 0.4) is 0 Å². The summed E-state index contributed by atoms with van der Waals surface area (Å²) < 4.78 is 10.1. The van der Waals surface area contributed by atoms with Gasteiger partial charge < -0.3 is 20.2 Å². The van der Waals surface area contributed by atoms with Crippen molar-refractivity contribution in [3.63, 3.8) is 0 Å². The topological polar surface area (TPSA) is 77.5 Å². The average Bonchev–Trinajstić information content (AvgIpc) is 2.85. The van der Waals surface area contributed by atoms with Gasteiger partial charge >= 0.3 is 0 Å². The third-order valence-electron chi connectivity index (χ3n) is 2.28. The molecular formula is C12H11ClN2O3. The molecule has 0 bridgehead atoms. The molecule has 0 spiro atoms. The lowest BCUT2D eigenvalue weighted by Gasteiger charge is -2.12. The predicted octanol–water partition coefficient (Wildman–Crippen LogP) is 2.78. The number of furan rings is 1. The molecule has 1 amide bonds. The number of carbonyl (C=O) groups is 1. The number of nitrogens with two attached hydrogens (primary N) is 1. The van der Waals surface area contributed by atoms with E-state index in [9.17, 15) is 4.79 Å². The zero-order valence-corrected chi connectivity index (χ0v) is 10.3. The van der Waals surface area contributed by atoms with E-state index in [-0.39, 0.29) is 5.76 Å². The highest BCUT2D eigenvalue weighted by Crippen LogP contribution is 2.35. The molecule has 1 aromatic carbocycles. The smallest absolute Gasteiger partial charge is 0.291 e. The van der Waals surface area contributed by atoms with Crippen LogP contribution in [-0.2, 0) is 0 Å². The van der Waals surface area contributed by atoms with Crippen LogP contribution in [0.4, 0.5) is 11.4 Å². The Bertz CT molecular complexity index is 567. The van der Waals surface area contributed by atoms with Gasteiger partial charge in [0.15, 0.2) is 5.76 Å². The molecular weight excluding hydrogens is 256 g/mol. The molecule has 0 unspecified atom stereocenters. The van der Waals surface area contributed by atoms with Gasteiger partial charge in [-0.15, -0.1) is 0 Å². The van der Waals surface area contributed by atoms with E-state index in [1.54, 1.807) is 18.2 Å². The highest BCUT2D eigenvalue weighted by molar-refractivity contribution is 6.34. The number of anilines is 2. The van der Waals surface area contributed by atoms with E-state index in [0.29, 0.717) is 22.1 Å². The number of nitrogen functional groups attached to an aromatic ring is 1. The number of carbonyl (C=O) groups excluding carboxylic acids is 1. The summed E-state index contributed by atoms with van der Waals surface area (Å²) in [5.41, 5.74) is 6.44. The van der Waals surface area contributed by atoms with Crippen LogP contribution in [0, 0.1) is 0 Å². The molecule has 18 heavy (non-hydrogen) atoms. The van der Waals surface area contributed by atoms with Gasteiger partial charge in [-0.05, 0) is 18.2 Å². The summed E-state index contributed by atoms with van der Waals surface area (Å²) in [6.07, 6.45) is 1.41. The zero-order chi connectivity index (χ0) is 13.1. The van der Waals surface area contributed by atoms with Gasteiger partial charge in [0.1, 0.15) is 11.4 Å². The first-order chi connectivity index (χ1) is 8.61. The minimum atomic E-state index is -0.412. The number of hydrogen-bond acceptors (Lipinski definition) is 4. The largest absolute Gasteiger partial charge is 0.494 e. The molecule has 0 aliphatic rings. The van der Waals surface area contributed by atoms with Gasteiger partial charge in [-0.1, -0.05) is 11.6 Å². The summed E-state index contributed by atoms with van der Waals surface area (Å²) in [5.74, 6) is 0.162. The maximum atomic E-state index is 11.8. The van der Waals surface area contributed by atoms with E-state index in [0.717, 1.165) is 0 Å². The Morgan fingerprint density at radius 1 is 1.50 bits per heavy atom. The highest BCUT2D eigenvalue weighted by atomic mass is 35.5. The second-order valence-corrected chi connectivity index (χ2v) is 3.92. The molecule has 1 heterocycles. The van der Waals surface area contributed by atoms with Gasteiger partial charge in [0.25, 0.3) is 5.91 Å². The maximum Gasteiger partial charge on any atom is 0.291 e. The van der Waals surface area contributed by atoms with E-state index in [1.807, 2.05) is 0 Å². The molecule has 2 rings (SSSR count). The van der Waals surface area contributed by atoms with Crippen molar-refractivity contribution in [3.05, 3.63) is 41.3 Å². The molecule has 0 radical (unpaired) electrons. The van der Waals surface area contributed by atoms with Crippen LogP contribution in [-0.4, -0.2) is 13.0 Å². The lowest BCUT2D eigenvalue weighted by Crippen LogP contribution is -2.12. The molecule has 3 N–H and O–H groups in total. The van der Waals surface area contributed by atoms with E-state index in [2.05, 4.69) is 5.32 Å². The molecule has 0 atom stereocenters. The van der Waals surface area contributed by atoms with Gasteiger partial charge in [-0.2, -0.15) is 0 Å². The zero-order valence-electron chi connectivity index (χ0n) is 9.57. The Morgan fingerprint density at radius 2 is 2.28 bits per heavy atom. The first kappa shape index (κ1) is 12.3. The van der Waals surface area contributed by atoms with Crippen molar-refractivity contribution in [2.45, 2.75) is 0 Å². The fourth-order valence-electron chi connectivity index (χ4n) is 1.47. The van der Waals surface area contributed by atoms with E-state index in [1.165, 1.54) is 19.4 Å². The lowest BCUT2D eigenvalue weighted by molar-refractivity contribution is 0.0996. The van der Waals surface area contributed by atoms with Crippen LogP contribution in [0.5, 0.6) is 5.75 Å². The Labute approximate surface area is 108 Å². The Balaban J connectivity index is 2.31. The van der Waals surface area contributed by atoms with Gasteiger partial charge in [-0.3, -0.25) is 4.79 Å². The fourth-order valence-corrected chi connectivity index (χ4v) is 1.73. The van der Waals surface area contributed by atoms with Crippen LogP contribution in [0.25, 0.3) is 0 Å². The summed E-state index contributed by atoms with van der Waals surface area (Å²) >= 11 is 6.01. The van der Waals surface area contributed by atoms with Crippen molar-refractivity contribution in [3.8, 4) is 5.75 Å². The molecule has 6 heteroatoms. The van der Waals surface area contributed by atoms with Gasteiger partial charge in [-0.25, -0.2) is 0 Å². The average molecular weight is 267 g/mol. The van der Waals surface area contributed by atoms with Crippen molar-refractivity contribution >= 4 is 28.9 Å². The van der Waals surface area contributed by atoms with E-state index in [4.69, 9.17) is 26.5 Å². The molecule has 94 valence electrons. The first-order valence-corrected chi connectivity index (χ1v) is 5.47. The second kappa shape index (κ2) is 5.01. The predicted molar refractivity (Wildman–Crippen MR) is 69.1 cm³/mol. The van der Waals surface area contributed by atoms with E-state index >= 15 is 0 Å². The number of rotatable bonds is 3. The third-order valence-corrected chi connectivity index (χ3v) is 2.58. The molecule has 0 aliphatic heterocycles. The number of benzene rings is 1. The number of nitrogens with one attached hydrogen (secondary N) is 1. The number of methoxy groups -OCH3 is 1. The lowest BCUT2D eigenvalue weighted by atomic mass is 10.2. The van der Waals surface area contributed by atoms with Gasteiger partial charge in [0, 0.05) is 11.8 Å². The number of amides is 1. The van der Waals surface area contributed by atoms with Crippen LogP contribution >= 0.6 is 11.6 Å². The molecule has 5 nitrogen and oxygen atoms in total. The monoisotopic (exact) mass is 266 g/mol. The Hall–Kier alpha value is -2.14. The minimum Gasteiger partial charge on any atom is -0.494 e. The normalized spacial score (nSPS) is 10.1. The quantitative estimate of drug-likeness (QED) is 0.838. The standard InChI is InChI=1S/C12H11ClN2O3/c1-17-10-6-7(14)5-8(13)11(10)15-12(16)9-3-2-4-18-9/h2-6H,14H2,1H3,(H,15,16). The highest BCUT2D eigenvalue weighted by Gasteiger charge is 2.15. The maximum absolute atomic E-state index is 11.8. The summed E-state index contributed by atoms with van der Waals surface area (Å²) in [6.45, 7) is 0. The summed E-state index contributed by atoms with van der Waals surface area (Å²) in [5, 5.41) is 2.91.